The molecule has 1 heterocycles. The van der Waals surface area contributed by atoms with Gasteiger partial charge < -0.3 is 4.74 Å². The Hall–Kier alpha value is -2.62. The number of para-hydroxylation sites is 1. The Kier molecular flexibility index (Phi) is 3.92. The summed E-state index contributed by atoms with van der Waals surface area (Å²) < 4.78 is 7.09. The van der Waals surface area contributed by atoms with E-state index in [1.54, 1.807) is 18.0 Å². The number of rotatable bonds is 3. The van der Waals surface area contributed by atoms with Crippen LogP contribution >= 0.6 is 0 Å². The van der Waals surface area contributed by atoms with E-state index in [0.717, 1.165) is 41.0 Å². The molecule has 0 saturated heterocycles. The van der Waals surface area contributed by atoms with E-state index in [4.69, 9.17) is 4.74 Å². The van der Waals surface area contributed by atoms with Gasteiger partial charge in [0, 0.05) is 23.9 Å². The number of nitrogens with zero attached hydrogens (tertiary/aromatic N) is 2. The van der Waals surface area contributed by atoms with E-state index in [-0.39, 0.29) is 5.78 Å². The van der Waals surface area contributed by atoms with Gasteiger partial charge in [-0.25, -0.2) is 0 Å². The second-order valence-electron chi connectivity index (χ2n) is 5.25. The van der Waals surface area contributed by atoms with Crippen molar-refractivity contribution < 1.29 is 9.53 Å². The molecule has 0 amide bonds. The second kappa shape index (κ2) is 6.02. The van der Waals surface area contributed by atoms with E-state index >= 15 is 0 Å². The zero-order valence-electron chi connectivity index (χ0n) is 12.7. The second-order valence-corrected chi connectivity index (χ2v) is 5.25. The van der Waals surface area contributed by atoms with E-state index in [1.807, 2.05) is 49.5 Å². The Morgan fingerprint density at radius 1 is 1.27 bits per heavy atom. The number of benzene rings is 1. The predicted octanol–water partition coefficient (Wildman–Crippen LogP) is 3.20. The number of hydrogen-bond donors (Lipinski definition) is 0. The molecular weight excluding hydrogens is 276 g/mol. The van der Waals surface area contributed by atoms with Crippen LogP contribution in [-0.4, -0.2) is 22.7 Å². The fourth-order valence-corrected chi connectivity index (χ4v) is 2.72. The molecule has 0 saturated carbocycles. The number of ether oxygens (including phenoxy) is 1. The van der Waals surface area contributed by atoms with Crippen molar-refractivity contribution in [3.05, 3.63) is 65.0 Å². The largest absolute Gasteiger partial charge is 0.496 e. The van der Waals surface area contributed by atoms with E-state index in [1.165, 1.54) is 0 Å². The summed E-state index contributed by atoms with van der Waals surface area (Å²) >= 11 is 0. The third-order valence-electron chi connectivity index (χ3n) is 3.94. The lowest BCUT2D eigenvalue weighted by Gasteiger charge is -2.13. The molecule has 0 atom stereocenters. The number of carbonyl (C=O) groups is 1. The molecule has 0 spiro atoms. The SMILES string of the molecule is COc1ccccc1/C=C/C=C1/CCc2c(cnn2C)C1=O. The molecule has 1 aromatic carbocycles. The van der Waals surface area contributed by atoms with Crippen molar-refractivity contribution in [3.63, 3.8) is 0 Å². The third kappa shape index (κ3) is 2.60. The van der Waals surface area contributed by atoms with Crippen molar-refractivity contribution in [2.24, 2.45) is 7.05 Å². The van der Waals surface area contributed by atoms with Gasteiger partial charge in [0.05, 0.1) is 18.9 Å². The third-order valence-corrected chi connectivity index (χ3v) is 3.94. The van der Waals surface area contributed by atoms with Gasteiger partial charge >= 0.3 is 0 Å². The summed E-state index contributed by atoms with van der Waals surface area (Å²) in [5.74, 6) is 0.903. The predicted molar refractivity (Wildman–Crippen MR) is 86.0 cm³/mol. The average Bonchev–Trinajstić information content (AvgIpc) is 2.92. The Balaban J connectivity index is 1.82. The number of methoxy groups -OCH3 is 1. The van der Waals surface area contributed by atoms with Crippen molar-refractivity contribution in [2.45, 2.75) is 12.8 Å². The van der Waals surface area contributed by atoms with Crippen LogP contribution in [0.3, 0.4) is 0 Å². The van der Waals surface area contributed by atoms with Crippen LogP contribution in [0.25, 0.3) is 6.08 Å². The first-order chi connectivity index (χ1) is 10.7. The Labute approximate surface area is 129 Å². The summed E-state index contributed by atoms with van der Waals surface area (Å²) in [5.41, 5.74) is 3.57. The first-order valence-corrected chi connectivity index (χ1v) is 7.26. The average molecular weight is 294 g/mol. The summed E-state index contributed by atoms with van der Waals surface area (Å²) in [6, 6.07) is 7.79. The number of allylic oxidation sites excluding steroid dienone is 3. The Morgan fingerprint density at radius 2 is 2.09 bits per heavy atom. The lowest BCUT2D eigenvalue weighted by molar-refractivity contribution is 0.102. The fourth-order valence-electron chi connectivity index (χ4n) is 2.72. The summed E-state index contributed by atoms with van der Waals surface area (Å²) in [7, 11) is 3.53. The summed E-state index contributed by atoms with van der Waals surface area (Å²) in [6.07, 6.45) is 9.02. The van der Waals surface area contributed by atoms with Crippen molar-refractivity contribution in [3.8, 4) is 5.75 Å². The quantitative estimate of drug-likeness (QED) is 0.817. The molecule has 4 heteroatoms. The number of Topliss-reactive ketones (excluding diaryl/α,β-unsaturated/α-hetero) is 1. The maximum absolute atomic E-state index is 12.4. The molecule has 1 aromatic heterocycles. The number of ketones is 1. The van der Waals surface area contributed by atoms with Crippen molar-refractivity contribution in [1.82, 2.24) is 9.78 Å². The molecule has 1 aliphatic rings. The molecule has 2 aromatic rings. The maximum atomic E-state index is 12.4. The number of fused-ring (bicyclic) bond motifs is 1. The number of hydrogen-bond acceptors (Lipinski definition) is 3. The molecule has 0 unspecified atom stereocenters. The number of carbonyl (C=O) groups excluding carboxylic acids is 1. The van der Waals surface area contributed by atoms with Crippen LogP contribution in [0.4, 0.5) is 0 Å². The molecule has 0 bridgehead atoms. The maximum Gasteiger partial charge on any atom is 0.192 e. The van der Waals surface area contributed by atoms with Crippen LogP contribution in [0.2, 0.25) is 0 Å². The van der Waals surface area contributed by atoms with Crippen LogP contribution in [-0.2, 0) is 13.5 Å². The topological polar surface area (TPSA) is 44.1 Å². The monoisotopic (exact) mass is 294 g/mol. The highest BCUT2D eigenvalue weighted by atomic mass is 16.5. The van der Waals surface area contributed by atoms with Crippen LogP contribution in [0.15, 0.2) is 48.2 Å². The summed E-state index contributed by atoms with van der Waals surface area (Å²) in [4.78, 5) is 12.4. The minimum Gasteiger partial charge on any atom is -0.496 e. The van der Waals surface area contributed by atoms with Gasteiger partial charge in [-0.2, -0.15) is 5.10 Å². The highest BCUT2D eigenvalue weighted by Crippen LogP contribution is 2.25. The minimum atomic E-state index is 0.0824. The lowest BCUT2D eigenvalue weighted by Crippen LogP contribution is -2.14. The molecular formula is C18H18N2O2. The number of aryl methyl sites for hydroxylation is 1. The first-order valence-electron chi connectivity index (χ1n) is 7.26. The normalized spacial score (nSPS) is 16.3. The number of aromatic nitrogens is 2. The molecule has 4 nitrogen and oxygen atoms in total. The van der Waals surface area contributed by atoms with E-state index in [2.05, 4.69) is 5.10 Å². The van der Waals surface area contributed by atoms with Gasteiger partial charge in [-0.15, -0.1) is 0 Å². The van der Waals surface area contributed by atoms with Crippen LogP contribution < -0.4 is 4.74 Å². The van der Waals surface area contributed by atoms with Crippen molar-refractivity contribution >= 4 is 11.9 Å². The van der Waals surface area contributed by atoms with E-state index < -0.39 is 0 Å². The van der Waals surface area contributed by atoms with Gasteiger partial charge in [0.15, 0.2) is 5.78 Å². The molecule has 22 heavy (non-hydrogen) atoms. The highest BCUT2D eigenvalue weighted by Gasteiger charge is 2.24. The van der Waals surface area contributed by atoms with E-state index in [9.17, 15) is 4.79 Å². The Bertz CT molecular complexity index is 769. The van der Waals surface area contributed by atoms with Crippen LogP contribution in [0.5, 0.6) is 5.75 Å². The molecule has 0 N–H and O–H groups in total. The van der Waals surface area contributed by atoms with E-state index in [0.29, 0.717) is 0 Å². The van der Waals surface area contributed by atoms with Gasteiger partial charge in [0.2, 0.25) is 0 Å². The summed E-state index contributed by atoms with van der Waals surface area (Å²) in [5, 5.41) is 4.17. The van der Waals surface area contributed by atoms with Crippen LogP contribution in [0, 0.1) is 0 Å². The lowest BCUT2D eigenvalue weighted by atomic mass is 9.91. The van der Waals surface area contributed by atoms with Gasteiger partial charge in [0.25, 0.3) is 0 Å². The van der Waals surface area contributed by atoms with Crippen molar-refractivity contribution in [2.75, 3.05) is 7.11 Å². The fraction of sp³-hybridized carbons (Fsp3) is 0.222. The standard InChI is InChI=1S/C18H18N2O2/c1-20-16-11-10-14(18(21)15(16)12-19-20)8-5-7-13-6-3-4-9-17(13)22-2/h3-9,12H,10-11H2,1-2H3/b7-5+,14-8-. The summed E-state index contributed by atoms with van der Waals surface area (Å²) in [6.45, 7) is 0. The van der Waals surface area contributed by atoms with Crippen molar-refractivity contribution in [1.29, 1.82) is 0 Å². The molecule has 112 valence electrons. The smallest absolute Gasteiger partial charge is 0.192 e. The van der Waals surface area contributed by atoms with Gasteiger partial charge in [-0.05, 0) is 18.9 Å². The minimum absolute atomic E-state index is 0.0824. The highest BCUT2D eigenvalue weighted by molar-refractivity contribution is 6.10. The molecule has 0 fully saturated rings. The molecule has 0 aliphatic heterocycles. The van der Waals surface area contributed by atoms with Gasteiger partial charge in [-0.1, -0.05) is 36.4 Å². The Morgan fingerprint density at radius 3 is 2.91 bits per heavy atom. The zero-order valence-corrected chi connectivity index (χ0v) is 12.7. The molecule has 0 radical (unpaired) electrons. The molecule has 1 aliphatic carbocycles. The molecule has 3 rings (SSSR count). The zero-order chi connectivity index (χ0) is 15.5. The first kappa shape index (κ1) is 14.3. The van der Waals surface area contributed by atoms with Gasteiger partial charge in [0.1, 0.15) is 5.75 Å². The van der Waals surface area contributed by atoms with Gasteiger partial charge in [-0.3, -0.25) is 9.48 Å². The van der Waals surface area contributed by atoms with Crippen LogP contribution in [0.1, 0.15) is 28.0 Å².